The lowest BCUT2D eigenvalue weighted by atomic mass is 10.1. The molecule has 5 rings (SSSR count). The van der Waals surface area contributed by atoms with Gasteiger partial charge in [0.15, 0.2) is 5.82 Å². The summed E-state index contributed by atoms with van der Waals surface area (Å²) in [4.78, 5) is 33.0. The van der Waals surface area contributed by atoms with Crippen molar-refractivity contribution in [3.63, 3.8) is 0 Å². The number of carbonyl (C=O) groups excluding carboxylic acids is 1. The van der Waals surface area contributed by atoms with Crippen LogP contribution in [-0.2, 0) is 6.54 Å². The Bertz CT molecular complexity index is 1230. The number of pyridine rings is 2. The lowest BCUT2D eigenvalue weighted by molar-refractivity contribution is 0.0733. The van der Waals surface area contributed by atoms with E-state index < -0.39 is 0 Å². The van der Waals surface area contributed by atoms with Crippen molar-refractivity contribution in [1.82, 2.24) is 24.8 Å². The second-order valence-electron chi connectivity index (χ2n) is 7.97. The standard InChI is InChI=1S/C26H24N6O/c33-26(20-7-3-8-21(16-20)30-18-19-6-4-12-27-17-19)32-15-5-10-24(32)22-11-14-29-25(31-22)23-9-1-2-13-28-23/h1-4,6-9,11-14,16-17,24,30H,5,10,15,18H2. The van der Waals surface area contributed by atoms with Crippen LogP contribution in [0.25, 0.3) is 11.5 Å². The van der Waals surface area contributed by atoms with E-state index in [1.54, 1.807) is 18.6 Å². The molecule has 1 amide bonds. The zero-order valence-electron chi connectivity index (χ0n) is 18.1. The van der Waals surface area contributed by atoms with Crippen LogP contribution in [0.3, 0.4) is 0 Å². The molecule has 1 aliphatic heterocycles. The number of nitrogens with zero attached hydrogens (tertiary/aromatic N) is 5. The van der Waals surface area contributed by atoms with Gasteiger partial charge in [-0.2, -0.15) is 0 Å². The largest absolute Gasteiger partial charge is 0.381 e. The van der Waals surface area contributed by atoms with Crippen LogP contribution in [0.4, 0.5) is 5.69 Å². The maximum absolute atomic E-state index is 13.4. The zero-order valence-corrected chi connectivity index (χ0v) is 18.1. The summed E-state index contributed by atoms with van der Waals surface area (Å²) < 4.78 is 0. The third-order valence-electron chi connectivity index (χ3n) is 5.76. The smallest absolute Gasteiger partial charge is 0.254 e. The van der Waals surface area contributed by atoms with Crippen molar-refractivity contribution < 1.29 is 4.79 Å². The molecule has 0 spiro atoms. The van der Waals surface area contributed by atoms with Gasteiger partial charge in [0, 0.05) is 49.1 Å². The first kappa shape index (κ1) is 20.8. The Hall–Kier alpha value is -4.13. The van der Waals surface area contributed by atoms with Crippen molar-refractivity contribution in [1.29, 1.82) is 0 Å². The van der Waals surface area contributed by atoms with Crippen LogP contribution in [0.1, 0.15) is 40.5 Å². The summed E-state index contributed by atoms with van der Waals surface area (Å²) in [6.07, 6.45) is 8.88. The number of carbonyl (C=O) groups is 1. The average molecular weight is 437 g/mol. The molecule has 1 saturated heterocycles. The third-order valence-corrected chi connectivity index (χ3v) is 5.76. The van der Waals surface area contributed by atoms with Crippen LogP contribution in [0.2, 0.25) is 0 Å². The molecule has 0 saturated carbocycles. The minimum Gasteiger partial charge on any atom is -0.381 e. The zero-order chi connectivity index (χ0) is 22.5. The van der Waals surface area contributed by atoms with E-state index in [4.69, 9.17) is 4.98 Å². The molecule has 7 heteroatoms. The maximum Gasteiger partial charge on any atom is 0.254 e. The Morgan fingerprint density at radius 1 is 1.00 bits per heavy atom. The SMILES string of the molecule is O=C(c1cccc(NCc2cccnc2)c1)N1CCCC1c1ccnc(-c2ccccn2)n1. The molecule has 7 nitrogen and oxygen atoms in total. The highest BCUT2D eigenvalue weighted by Crippen LogP contribution is 2.33. The summed E-state index contributed by atoms with van der Waals surface area (Å²) >= 11 is 0. The molecule has 1 fully saturated rings. The van der Waals surface area contributed by atoms with Crippen LogP contribution < -0.4 is 5.32 Å². The van der Waals surface area contributed by atoms with Crippen LogP contribution in [0.5, 0.6) is 0 Å². The fourth-order valence-electron chi connectivity index (χ4n) is 4.13. The molecule has 4 heterocycles. The summed E-state index contributed by atoms with van der Waals surface area (Å²) in [6.45, 7) is 1.36. The van der Waals surface area contributed by atoms with Gasteiger partial charge in [-0.3, -0.25) is 14.8 Å². The van der Waals surface area contributed by atoms with Gasteiger partial charge in [-0.1, -0.05) is 18.2 Å². The molecule has 0 aliphatic carbocycles. The van der Waals surface area contributed by atoms with E-state index in [0.29, 0.717) is 24.5 Å². The van der Waals surface area contributed by atoms with E-state index in [0.717, 1.165) is 35.5 Å². The predicted octanol–water partition coefficient (Wildman–Crippen LogP) is 4.52. The van der Waals surface area contributed by atoms with Gasteiger partial charge in [0.1, 0.15) is 5.69 Å². The topological polar surface area (TPSA) is 83.9 Å². The lowest BCUT2D eigenvalue weighted by Gasteiger charge is -2.25. The van der Waals surface area contributed by atoms with Crippen molar-refractivity contribution in [2.45, 2.75) is 25.4 Å². The Morgan fingerprint density at radius 3 is 2.82 bits per heavy atom. The minimum absolute atomic E-state index is 0.0144. The fourth-order valence-corrected chi connectivity index (χ4v) is 4.13. The predicted molar refractivity (Wildman–Crippen MR) is 126 cm³/mol. The molecule has 164 valence electrons. The summed E-state index contributed by atoms with van der Waals surface area (Å²) in [7, 11) is 0. The van der Waals surface area contributed by atoms with E-state index in [1.807, 2.05) is 71.8 Å². The highest BCUT2D eigenvalue weighted by molar-refractivity contribution is 5.95. The summed E-state index contributed by atoms with van der Waals surface area (Å²) in [5, 5.41) is 3.38. The van der Waals surface area contributed by atoms with Crippen LogP contribution in [-0.4, -0.2) is 37.3 Å². The molecule has 0 radical (unpaired) electrons. The van der Waals surface area contributed by atoms with E-state index in [2.05, 4.69) is 20.3 Å². The molecule has 0 bridgehead atoms. The molecule has 1 unspecified atom stereocenters. The van der Waals surface area contributed by atoms with Gasteiger partial charge < -0.3 is 10.2 Å². The van der Waals surface area contributed by atoms with Crippen LogP contribution in [0.15, 0.2) is 85.5 Å². The Morgan fingerprint density at radius 2 is 1.97 bits per heavy atom. The van der Waals surface area contributed by atoms with E-state index in [1.165, 1.54) is 0 Å². The highest BCUT2D eigenvalue weighted by Gasteiger charge is 2.32. The normalized spacial score (nSPS) is 15.4. The molecular formula is C26H24N6O. The number of amides is 1. The molecule has 1 atom stereocenters. The van der Waals surface area contributed by atoms with E-state index >= 15 is 0 Å². The summed E-state index contributed by atoms with van der Waals surface area (Å²) in [5.74, 6) is 0.592. The fraction of sp³-hybridized carbons (Fsp3) is 0.192. The van der Waals surface area contributed by atoms with Crippen molar-refractivity contribution in [3.8, 4) is 11.5 Å². The number of hydrogen-bond donors (Lipinski definition) is 1. The van der Waals surface area contributed by atoms with E-state index in [9.17, 15) is 4.79 Å². The van der Waals surface area contributed by atoms with Gasteiger partial charge in [0.05, 0.1) is 11.7 Å². The summed E-state index contributed by atoms with van der Waals surface area (Å²) in [6, 6.07) is 19.1. The number of aromatic nitrogens is 4. The molecule has 4 aromatic rings. The number of rotatable bonds is 6. The number of anilines is 1. The maximum atomic E-state index is 13.4. The van der Waals surface area contributed by atoms with E-state index in [-0.39, 0.29) is 11.9 Å². The van der Waals surface area contributed by atoms with Gasteiger partial charge in [0.2, 0.25) is 0 Å². The average Bonchev–Trinajstić information content (AvgIpc) is 3.39. The van der Waals surface area contributed by atoms with Crippen molar-refractivity contribution >= 4 is 11.6 Å². The van der Waals surface area contributed by atoms with Gasteiger partial charge in [0.25, 0.3) is 5.91 Å². The Balaban J connectivity index is 1.34. The van der Waals surface area contributed by atoms with Crippen molar-refractivity contribution in [2.24, 2.45) is 0 Å². The van der Waals surface area contributed by atoms with Crippen LogP contribution in [0, 0.1) is 0 Å². The molecule has 1 aliphatic rings. The monoisotopic (exact) mass is 436 g/mol. The lowest BCUT2D eigenvalue weighted by Crippen LogP contribution is -2.31. The first-order valence-corrected chi connectivity index (χ1v) is 11.1. The number of hydrogen-bond acceptors (Lipinski definition) is 6. The Kier molecular flexibility index (Phi) is 6.01. The molecule has 1 aromatic carbocycles. The molecule has 3 aromatic heterocycles. The third kappa shape index (κ3) is 4.72. The van der Waals surface area contributed by atoms with Crippen LogP contribution >= 0.6 is 0 Å². The number of benzene rings is 1. The molecular weight excluding hydrogens is 412 g/mol. The van der Waals surface area contributed by atoms with Crippen molar-refractivity contribution in [2.75, 3.05) is 11.9 Å². The van der Waals surface area contributed by atoms with Gasteiger partial charge in [-0.15, -0.1) is 0 Å². The molecule has 33 heavy (non-hydrogen) atoms. The van der Waals surface area contributed by atoms with Gasteiger partial charge >= 0.3 is 0 Å². The second kappa shape index (κ2) is 9.56. The number of likely N-dealkylation sites (tertiary alicyclic amines) is 1. The molecule has 1 N–H and O–H groups in total. The number of nitrogens with one attached hydrogen (secondary N) is 1. The van der Waals surface area contributed by atoms with Gasteiger partial charge in [-0.05, 0) is 60.9 Å². The Labute approximate surface area is 192 Å². The summed E-state index contributed by atoms with van der Waals surface area (Å²) in [5.41, 5.74) is 4.23. The van der Waals surface area contributed by atoms with Gasteiger partial charge in [-0.25, -0.2) is 9.97 Å². The second-order valence-corrected chi connectivity index (χ2v) is 7.97. The first-order chi connectivity index (χ1) is 16.3. The first-order valence-electron chi connectivity index (χ1n) is 11.1. The van der Waals surface area contributed by atoms with Crippen molar-refractivity contribution in [3.05, 3.63) is 102 Å². The highest BCUT2D eigenvalue weighted by atomic mass is 16.2. The quantitative estimate of drug-likeness (QED) is 0.478. The minimum atomic E-state index is -0.0741.